The molecule has 0 aliphatic rings. The first kappa shape index (κ1) is 13.9. The van der Waals surface area contributed by atoms with Gasteiger partial charge in [0.1, 0.15) is 5.78 Å². The number of ketones is 1. The number of hydrogen-bond donors (Lipinski definition) is 0. The van der Waals surface area contributed by atoms with Crippen molar-refractivity contribution >= 4 is 37.6 Å². The lowest BCUT2D eigenvalue weighted by molar-refractivity contribution is -0.119. The van der Waals surface area contributed by atoms with Crippen LogP contribution >= 0.6 is 31.9 Å². The molecule has 0 aliphatic carbocycles. The average Bonchev–Trinajstić information content (AvgIpc) is 2.27. The van der Waals surface area contributed by atoms with Gasteiger partial charge in [0.2, 0.25) is 0 Å². The van der Waals surface area contributed by atoms with Crippen molar-refractivity contribution < 1.29 is 4.79 Å². The highest BCUT2D eigenvalue weighted by Gasteiger charge is 2.24. The van der Waals surface area contributed by atoms with Crippen molar-refractivity contribution in [2.45, 2.75) is 29.9 Å². The molecule has 16 heavy (non-hydrogen) atoms. The number of Topliss-reactive ketones (excluding diaryl/α,β-unsaturated/α-hetero) is 1. The van der Waals surface area contributed by atoms with Gasteiger partial charge in [0.05, 0.1) is 9.65 Å². The van der Waals surface area contributed by atoms with Crippen molar-refractivity contribution in [2.75, 3.05) is 0 Å². The fourth-order valence-corrected chi connectivity index (χ4v) is 2.58. The van der Waals surface area contributed by atoms with Crippen molar-refractivity contribution in [3.8, 4) is 0 Å². The molecule has 1 aromatic carbocycles. The summed E-state index contributed by atoms with van der Waals surface area (Å²) in [6, 6.07) is 9.99. The molecule has 0 saturated heterocycles. The van der Waals surface area contributed by atoms with E-state index in [0.717, 1.165) is 5.56 Å². The van der Waals surface area contributed by atoms with Gasteiger partial charge in [-0.15, -0.1) is 0 Å². The van der Waals surface area contributed by atoms with Crippen molar-refractivity contribution in [3.05, 3.63) is 35.9 Å². The van der Waals surface area contributed by atoms with Crippen LogP contribution in [0.4, 0.5) is 0 Å². The van der Waals surface area contributed by atoms with E-state index in [0.29, 0.717) is 12.3 Å². The molecule has 0 heterocycles. The third-order valence-electron chi connectivity index (χ3n) is 2.29. The van der Waals surface area contributed by atoms with Gasteiger partial charge in [-0.1, -0.05) is 76.0 Å². The number of carbonyl (C=O) groups is 1. The number of carbonyl (C=O) groups excluding carboxylic acids is 1. The largest absolute Gasteiger partial charge is 0.298 e. The maximum absolute atomic E-state index is 11.9. The van der Waals surface area contributed by atoms with Crippen LogP contribution in [0, 0.1) is 5.92 Å². The quantitative estimate of drug-likeness (QED) is 0.716. The van der Waals surface area contributed by atoms with Crippen molar-refractivity contribution in [3.63, 3.8) is 0 Å². The molecule has 0 unspecified atom stereocenters. The monoisotopic (exact) mass is 346 g/mol. The molecule has 1 rings (SSSR count). The van der Waals surface area contributed by atoms with Gasteiger partial charge in [0, 0.05) is 6.42 Å². The normalized spacial score (nSPS) is 14.8. The van der Waals surface area contributed by atoms with Gasteiger partial charge < -0.3 is 0 Å². The molecule has 0 N–H and O–H groups in total. The Bertz CT molecular complexity index is 335. The summed E-state index contributed by atoms with van der Waals surface area (Å²) in [5.74, 6) is 0.656. The summed E-state index contributed by atoms with van der Waals surface area (Å²) in [6.45, 7) is 4.12. The predicted molar refractivity (Wildman–Crippen MR) is 75.3 cm³/mol. The van der Waals surface area contributed by atoms with Crippen LogP contribution in [0.1, 0.15) is 30.7 Å². The highest BCUT2D eigenvalue weighted by atomic mass is 79.9. The minimum atomic E-state index is -0.155. The van der Waals surface area contributed by atoms with E-state index < -0.39 is 0 Å². The zero-order valence-electron chi connectivity index (χ0n) is 9.49. The Labute approximate surface area is 114 Å². The maximum Gasteiger partial charge on any atom is 0.148 e. The molecule has 0 aliphatic heterocycles. The number of alkyl halides is 2. The Balaban J connectivity index is 2.67. The molecule has 0 spiro atoms. The SMILES string of the molecule is CC(C)CC(=O)[C@H](Br)[C@H](Br)c1ccccc1. The molecule has 0 fully saturated rings. The molecular weight excluding hydrogens is 332 g/mol. The van der Waals surface area contributed by atoms with Crippen molar-refractivity contribution in [1.29, 1.82) is 0 Å². The molecule has 2 atom stereocenters. The Morgan fingerprint density at radius 3 is 2.25 bits per heavy atom. The van der Waals surface area contributed by atoms with Gasteiger partial charge in [0.25, 0.3) is 0 Å². The minimum absolute atomic E-state index is 0.0416. The van der Waals surface area contributed by atoms with Gasteiger partial charge >= 0.3 is 0 Å². The molecule has 0 saturated carbocycles. The number of halogens is 2. The predicted octanol–water partition coefficient (Wildman–Crippen LogP) is 4.50. The van der Waals surface area contributed by atoms with Gasteiger partial charge in [-0.3, -0.25) is 4.79 Å². The number of rotatable bonds is 5. The van der Waals surface area contributed by atoms with E-state index in [2.05, 4.69) is 45.7 Å². The Morgan fingerprint density at radius 2 is 1.75 bits per heavy atom. The first-order valence-electron chi connectivity index (χ1n) is 5.38. The molecule has 1 nitrogen and oxygen atoms in total. The van der Waals surface area contributed by atoms with Crippen LogP contribution in [0.15, 0.2) is 30.3 Å². The molecule has 0 bridgehead atoms. The van der Waals surface area contributed by atoms with Crippen LogP contribution in [0.5, 0.6) is 0 Å². The topological polar surface area (TPSA) is 17.1 Å². The molecule has 0 aromatic heterocycles. The Hall–Kier alpha value is -0.150. The van der Waals surface area contributed by atoms with Gasteiger partial charge in [-0.25, -0.2) is 0 Å². The highest BCUT2D eigenvalue weighted by molar-refractivity contribution is 9.12. The van der Waals surface area contributed by atoms with E-state index in [1.165, 1.54) is 0 Å². The third kappa shape index (κ3) is 4.02. The maximum atomic E-state index is 11.9. The van der Waals surface area contributed by atoms with E-state index in [9.17, 15) is 4.79 Å². The lowest BCUT2D eigenvalue weighted by Crippen LogP contribution is -2.20. The molecule has 0 radical (unpaired) electrons. The zero-order valence-corrected chi connectivity index (χ0v) is 12.7. The molecule has 0 amide bonds. The van der Waals surface area contributed by atoms with E-state index >= 15 is 0 Å². The first-order valence-corrected chi connectivity index (χ1v) is 7.21. The van der Waals surface area contributed by atoms with Crippen LogP contribution in [0.2, 0.25) is 0 Å². The fraction of sp³-hybridized carbons (Fsp3) is 0.462. The van der Waals surface area contributed by atoms with E-state index in [1.54, 1.807) is 0 Å². The second kappa shape index (κ2) is 6.55. The molecule has 1 aromatic rings. The van der Waals surface area contributed by atoms with E-state index in [4.69, 9.17) is 0 Å². The lowest BCUT2D eigenvalue weighted by Gasteiger charge is -2.17. The number of hydrogen-bond acceptors (Lipinski definition) is 1. The molecule has 88 valence electrons. The van der Waals surface area contributed by atoms with Crippen molar-refractivity contribution in [2.24, 2.45) is 5.92 Å². The van der Waals surface area contributed by atoms with Gasteiger partial charge in [0.15, 0.2) is 0 Å². The lowest BCUT2D eigenvalue weighted by atomic mass is 10.0. The summed E-state index contributed by atoms with van der Waals surface area (Å²) in [7, 11) is 0. The van der Waals surface area contributed by atoms with Crippen molar-refractivity contribution in [1.82, 2.24) is 0 Å². The Kier molecular flexibility index (Phi) is 5.70. The summed E-state index contributed by atoms with van der Waals surface area (Å²) in [5.41, 5.74) is 1.13. The average molecular weight is 348 g/mol. The summed E-state index contributed by atoms with van der Waals surface area (Å²) in [4.78, 5) is 11.8. The Morgan fingerprint density at radius 1 is 1.19 bits per heavy atom. The highest BCUT2D eigenvalue weighted by Crippen LogP contribution is 2.32. The van der Waals surface area contributed by atoms with E-state index in [-0.39, 0.29) is 15.4 Å². The second-order valence-corrected chi connectivity index (χ2v) is 6.25. The fourth-order valence-electron chi connectivity index (χ4n) is 1.48. The summed E-state index contributed by atoms with van der Waals surface area (Å²) >= 11 is 7.05. The smallest absolute Gasteiger partial charge is 0.148 e. The standard InChI is InChI=1S/C13H16Br2O/c1-9(2)8-11(16)13(15)12(14)10-6-4-3-5-7-10/h3-7,9,12-13H,8H2,1-2H3/t12-,13+/m1/s1. The second-order valence-electron chi connectivity index (χ2n) is 4.28. The first-order chi connectivity index (χ1) is 7.52. The third-order valence-corrected chi connectivity index (χ3v) is 5.10. The van der Waals surface area contributed by atoms with Gasteiger partial charge in [-0.05, 0) is 11.5 Å². The summed E-state index contributed by atoms with van der Waals surface area (Å²) in [5, 5.41) is 0. The minimum Gasteiger partial charge on any atom is -0.298 e. The van der Waals surface area contributed by atoms with Crippen LogP contribution < -0.4 is 0 Å². The van der Waals surface area contributed by atoms with Crippen LogP contribution in [-0.4, -0.2) is 10.6 Å². The van der Waals surface area contributed by atoms with Crippen LogP contribution in [-0.2, 0) is 4.79 Å². The number of benzene rings is 1. The van der Waals surface area contributed by atoms with Crippen LogP contribution in [0.25, 0.3) is 0 Å². The summed E-state index contributed by atoms with van der Waals surface area (Å²) in [6.07, 6.45) is 0.616. The molecule has 3 heteroatoms. The summed E-state index contributed by atoms with van der Waals surface area (Å²) < 4.78 is 0. The zero-order chi connectivity index (χ0) is 12.1. The van der Waals surface area contributed by atoms with Gasteiger partial charge in [-0.2, -0.15) is 0 Å². The van der Waals surface area contributed by atoms with E-state index in [1.807, 2.05) is 30.3 Å². The van der Waals surface area contributed by atoms with Crippen LogP contribution in [0.3, 0.4) is 0 Å². The molecular formula is C13H16Br2O.